The third-order valence-electron chi connectivity index (χ3n) is 7.23. The first-order valence-electron chi connectivity index (χ1n) is 13.8. The average Bonchev–Trinajstić information content (AvgIpc) is 2.73. The van der Waals surface area contributed by atoms with Gasteiger partial charge in [-0.25, -0.2) is 0 Å². The third kappa shape index (κ3) is 12.7. The molecule has 0 aliphatic rings. The second-order valence-corrected chi connectivity index (χ2v) is 14.7. The lowest BCUT2D eigenvalue weighted by atomic mass is 9.76. The average molecular weight is 538 g/mol. The highest BCUT2D eigenvalue weighted by Gasteiger charge is 2.40. The van der Waals surface area contributed by atoms with E-state index < -0.39 is 21.8 Å². The fourth-order valence-electron chi connectivity index (χ4n) is 5.20. The molecule has 0 aliphatic heterocycles. The molecule has 38 heavy (non-hydrogen) atoms. The summed E-state index contributed by atoms with van der Waals surface area (Å²) in [4.78, 5) is 38.7. The summed E-state index contributed by atoms with van der Waals surface area (Å²) in [5.41, 5.74) is -2.61. The van der Waals surface area contributed by atoms with Gasteiger partial charge in [0, 0.05) is 46.0 Å². The molecule has 0 heterocycles. The first-order valence-corrected chi connectivity index (χ1v) is 13.8. The van der Waals surface area contributed by atoms with Gasteiger partial charge in [-0.2, -0.15) is 0 Å². The SMILES string of the molecule is CNC(C)(C)CC(C)(C)C(=O)NC/C=C/CNC(=O)C(C)(C)CC(C)(C)NC(=O)C(C)(C)CC(C)(C)NC. The molecular formula is C30H59N5O3. The molecule has 8 heteroatoms. The number of hydrogen-bond acceptors (Lipinski definition) is 5. The zero-order chi connectivity index (χ0) is 30.2. The highest BCUT2D eigenvalue weighted by atomic mass is 16.2. The Bertz CT molecular complexity index is 839. The Kier molecular flexibility index (Phi) is 12.7. The standard InChI is InChI=1S/C30H59N5O3/c1-25(2,19-28(7,8)31-13)22(36)33-17-15-16-18-34-23(37)26(3,4)21-30(11,12)35-24(38)27(5,6)20-29(9,10)32-14/h15-16,31-32H,17-21H2,1-14H3,(H,33,36)(H,34,37)(H,35,38)/b16-15+. The molecule has 0 radical (unpaired) electrons. The minimum atomic E-state index is -0.683. The van der Waals surface area contributed by atoms with Gasteiger partial charge in [-0.1, -0.05) is 53.7 Å². The summed E-state index contributed by atoms with van der Waals surface area (Å²) < 4.78 is 0. The van der Waals surface area contributed by atoms with E-state index in [1.54, 1.807) is 0 Å². The Balaban J connectivity index is 4.82. The van der Waals surface area contributed by atoms with Gasteiger partial charge in [-0.3, -0.25) is 14.4 Å². The number of nitrogens with one attached hydrogen (secondary N) is 5. The van der Waals surface area contributed by atoms with Crippen LogP contribution in [-0.4, -0.2) is 61.5 Å². The predicted molar refractivity (Wildman–Crippen MR) is 159 cm³/mol. The lowest BCUT2D eigenvalue weighted by molar-refractivity contribution is -0.135. The quantitative estimate of drug-likeness (QED) is 0.192. The van der Waals surface area contributed by atoms with Crippen LogP contribution in [0.1, 0.15) is 102 Å². The molecule has 0 aromatic heterocycles. The number of carbonyl (C=O) groups is 3. The van der Waals surface area contributed by atoms with E-state index in [2.05, 4.69) is 54.3 Å². The van der Waals surface area contributed by atoms with Crippen molar-refractivity contribution in [2.24, 2.45) is 16.2 Å². The zero-order valence-corrected chi connectivity index (χ0v) is 26.9. The van der Waals surface area contributed by atoms with Gasteiger partial charge < -0.3 is 26.6 Å². The molecular weight excluding hydrogens is 478 g/mol. The van der Waals surface area contributed by atoms with Crippen molar-refractivity contribution < 1.29 is 14.4 Å². The van der Waals surface area contributed by atoms with E-state index in [0.717, 1.165) is 0 Å². The van der Waals surface area contributed by atoms with Crippen LogP contribution in [0.5, 0.6) is 0 Å². The molecule has 0 saturated heterocycles. The van der Waals surface area contributed by atoms with E-state index in [4.69, 9.17) is 0 Å². The van der Waals surface area contributed by atoms with Gasteiger partial charge in [0.2, 0.25) is 17.7 Å². The molecule has 0 bridgehead atoms. The Labute approximate surface area is 233 Å². The van der Waals surface area contributed by atoms with Crippen molar-refractivity contribution in [1.29, 1.82) is 0 Å². The Morgan fingerprint density at radius 1 is 0.500 bits per heavy atom. The fourth-order valence-corrected chi connectivity index (χ4v) is 5.20. The van der Waals surface area contributed by atoms with Crippen molar-refractivity contribution in [2.75, 3.05) is 27.2 Å². The molecule has 0 saturated carbocycles. The Morgan fingerprint density at radius 3 is 1.11 bits per heavy atom. The van der Waals surface area contributed by atoms with Gasteiger partial charge in [0.25, 0.3) is 0 Å². The summed E-state index contributed by atoms with van der Waals surface area (Å²) in [5.74, 6) is -0.109. The molecule has 3 amide bonds. The van der Waals surface area contributed by atoms with Crippen molar-refractivity contribution >= 4 is 17.7 Å². The molecule has 0 atom stereocenters. The predicted octanol–water partition coefficient (Wildman–Crippen LogP) is 3.91. The summed E-state index contributed by atoms with van der Waals surface area (Å²) in [5, 5.41) is 15.6. The van der Waals surface area contributed by atoms with Crippen LogP contribution in [0.2, 0.25) is 0 Å². The summed E-state index contributed by atoms with van der Waals surface area (Å²) in [6.07, 6.45) is 5.57. The van der Waals surface area contributed by atoms with E-state index in [-0.39, 0.29) is 28.8 Å². The van der Waals surface area contributed by atoms with E-state index in [1.807, 2.05) is 81.6 Å². The van der Waals surface area contributed by atoms with Gasteiger partial charge >= 0.3 is 0 Å². The number of rotatable bonds is 16. The molecule has 222 valence electrons. The van der Waals surface area contributed by atoms with Gasteiger partial charge in [-0.15, -0.1) is 0 Å². The van der Waals surface area contributed by atoms with Crippen LogP contribution in [0.25, 0.3) is 0 Å². The maximum atomic E-state index is 13.1. The van der Waals surface area contributed by atoms with E-state index >= 15 is 0 Å². The second-order valence-electron chi connectivity index (χ2n) is 14.7. The first-order chi connectivity index (χ1) is 16.9. The van der Waals surface area contributed by atoms with Crippen LogP contribution in [0.3, 0.4) is 0 Å². The summed E-state index contributed by atoms with van der Waals surface area (Å²) in [6, 6.07) is 0. The second kappa shape index (κ2) is 13.4. The van der Waals surface area contributed by atoms with Crippen LogP contribution < -0.4 is 26.6 Å². The van der Waals surface area contributed by atoms with Gasteiger partial charge in [-0.05, 0) is 74.9 Å². The zero-order valence-electron chi connectivity index (χ0n) is 26.9. The molecule has 0 unspecified atom stereocenters. The normalized spacial score (nSPS) is 13.9. The minimum absolute atomic E-state index is 0.00220. The third-order valence-corrected chi connectivity index (χ3v) is 7.23. The topological polar surface area (TPSA) is 111 Å². The molecule has 0 rings (SSSR count). The van der Waals surface area contributed by atoms with Crippen LogP contribution in [-0.2, 0) is 14.4 Å². The largest absolute Gasteiger partial charge is 0.352 e. The minimum Gasteiger partial charge on any atom is -0.352 e. The number of hydrogen-bond donors (Lipinski definition) is 5. The van der Waals surface area contributed by atoms with E-state index in [9.17, 15) is 14.4 Å². The first kappa shape index (κ1) is 36.1. The van der Waals surface area contributed by atoms with E-state index in [1.165, 1.54) is 0 Å². The molecule has 0 spiro atoms. The van der Waals surface area contributed by atoms with Crippen LogP contribution >= 0.6 is 0 Å². The van der Waals surface area contributed by atoms with E-state index in [0.29, 0.717) is 32.4 Å². The van der Waals surface area contributed by atoms with Crippen LogP contribution in [0, 0.1) is 16.2 Å². The van der Waals surface area contributed by atoms with Crippen molar-refractivity contribution in [3.05, 3.63) is 12.2 Å². The fraction of sp³-hybridized carbons (Fsp3) is 0.833. The summed E-state index contributed by atoms with van der Waals surface area (Å²) >= 11 is 0. The monoisotopic (exact) mass is 537 g/mol. The summed E-state index contributed by atoms with van der Waals surface area (Å²) in [7, 11) is 3.80. The maximum absolute atomic E-state index is 13.1. The molecule has 5 N–H and O–H groups in total. The maximum Gasteiger partial charge on any atom is 0.226 e. The van der Waals surface area contributed by atoms with Crippen molar-refractivity contribution in [3.63, 3.8) is 0 Å². The molecule has 0 aliphatic carbocycles. The molecule has 0 fully saturated rings. The molecule has 0 aromatic rings. The van der Waals surface area contributed by atoms with Gasteiger partial charge in [0.15, 0.2) is 0 Å². The summed E-state index contributed by atoms with van der Waals surface area (Å²) in [6.45, 7) is 24.6. The number of amides is 3. The van der Waals surface area contributed by atoms with Crippen molar-refractivity contribution in [1.82, 2.24) is 26.6 Å². The Hall–Kier alpha value is -1.93. The van der Waals surface area contributed by atoms with Crippen molar-refractivity contribution in [3.8, 4) is 0 Å². The smallest absolute Gasteiger partial charge is 0.226 e. The highest BCUT2D eigenvalue weighted by molar-refractivity contribution is 5.84. The lowest BCUT2D eigenvalue weighted by Crippen LogP contribution is -2.54. The molecule has 0 aromatic carbocycles. The Morgan fingerprint density at radius 2 is 0.789 bits per heavy atom. The highest BCUT2D eigenvalue weighted by Crippen LogP contribution is 2.32. The number of carbonyl (C=O) groups excluding carboxylic acids is 3. The van der Waals surface area contributed by atoms with Gasteiger partial charge in [0.05, 0.1) is 0 Å². The molecule has 8 nitrogen and oxygen atoms in total. The lowest BCUT2D eigenvalue weighted by Gasteiger charge is -2.39. The van der Waals surface area contributed by atoms with Crippen LogP contribution in [0.15, 0.2) is 12.2 Å². The van der Waals surface area contributed by atoms with Crippen molar-refractivity contribution in [2.45, 2.75) is 119 Å². The van der Waals surface area contributed by atoms with Gasteiger partial charge in [0.1, 0.15) is 0 Å². The van der Waals surface area contributed by atoms with Crippen LogP contribution in [0.4, 0.5) is 0 Å².